The van der Waals surface area contributed by atoms with Gasteiger partial charge >= 0.3 is 0 Å². The topological polar surface area (TPSA) is 42.0 Å². The first-order valence-electron chi connectivity index (χ1n) is 9.99. The SMILES string of the molecule is COCc1c(C(=O)N2CCCN(c3ccc(OC)cc3)CC2)sc2cccc(F)c12. The van der Waals surface area contributed by atoms with Gasteiger partial charge in [0.2, 0.25) is 0 Å². The van der Waals surface area contributed by atoms with Gasteiger partial charge in [-0.25, -0.2) is 4.39 Å². The first kappa shape index (κ1) is 20.6. The molecule has 0 spiro atoms. The molecule has 1 amide bonds. The van der Waals surface area contributed by atoms with Crippen molar-refractivity contribution >= 4 is 33.0 Å². The lowest BCUT2D eigenvalue weighted by Crippen LogP contribution is -2.35. The maximum Gasteiger partial charge on any atom is 0.264 e. The predicted molar refractivity (Wildman–Crippen MR) is 118 cm³/mol. The number of halogens is 1. The van der Waals surface area contributed by atoms with Crippen molar-refractivity contribution in [2.75, 3.05) is 45.3 Å². The molecule has 158 valence electrons. The number of anilines is 1. The summed E-state index contributed by atoms with van der Waals surface area (Å²) in [5.41, 5.74) is 1.77. The van der Waals surface area contributed by atoms with Gasteiger partial charge in [0.1, 0.15) is 11.6 Å². The molecular weight excluding hydrogens is 403 g/mol. The van der Waals surface area contributed by atoms with Crippen molar-refractivity contribution in [2.24, 2.45) is 0 Å². The van der Waals surface area contributed by atoms with Gasteiger partial charge in [-0.15, -0.1) is 11.3 Å². The average molecular weight is 429 g/mol. The summed E-state index contributed by atoms with van der Waals surface area (Å²) in [5, 5.41) is 0.502. The molecule has 1 fully saturated rings. The van der Waals surface area contributed by atoms with E-state index in [1.165, 1.54) is 17.4 Å². The van der Waals surface area contributed by atoms with E-state index in [9.17, 15) is 9.18 Å². The number of benzene rings is 2. The van der Waals surface area contributed by atoms with Gasteiger partial charge in [-0.05, 0) is 42.8 Å². The maximum absolute atomic E-state index is 14.5. The second-order valence-corrected chi connectivity index (χ2v) is 8.34. The van der Waals surface area contributed by atoms with Crippen molar-refractivity contribution < 1.29 is 18.7 Å². The minimum absolute atomic E-state index is 0.0424. The van der Waals surface area contributed by atoms with Crippen LogP contribution in [0.1, 0.15) is 21.7 Å². The highest BCUT2D eigenvalue weighted by Crippen LogP contribution is 2.35. The average Bonchev–Trinajstić information content (AvgIpc) is 2.96. The Hall–Kier alpha value is -2.64. The van der Waals surface area contributed by atoms with Gasteiger partial charge in [0.05, 0.1) is 18.6 Å². The Morgan fingerprint density at radius 1 is 1.07 bits per heavy atom. The number of nitrogens with zero attached hydrogens (tertiary/aromatic N) is 2. The van der Waals surface area contributed by atoms with Crippen molar-refractivity contribution in [1.82, 2.24) is 4.90 Å². The van der Waals surface area contributed by atoms with Crippen LogP contribution in [0.25, 0.3) is 10.1 Å². The summed E-state index contributed by atoms with van der Waals surface area (Å²) in [6.07, 6.45) is 0.872. The van der Waals surface area contributed by atoms with Crippen LogP contribution in [-0.2, 0) is 11.3 Å². The molecule has 3 aromatic rings. The van der Waals surface area contributed by atoms with Crippen LogP contribution in [0.4, 0.5) is 10.1 Å². The smallest absolute Gasteiger partial charge is 0.264 e. The summed E-state index contributed by atoms with van der Waals surface area (Å²) in [4.78, 5) is 18.1. The van der Waals surface area contributed by atoms with Crippen molar-refractivity contribution in [3.8, 4) is 5.75 Å². The van der Waals surface area contributed by atoms with Crippen LogP contribution < -0.4 is 9.64 Å². The van der Waals surface area contributed by atoms with E-state index in [-0.39, 0.29) is 18.3 Å². The van der Waals surface area contributed by atoms with Gasteiger partial charge in [-0.3, -0.25) is 4.79 Å². The largest absolute Gasteiger partial charge is 0.497 e. The van der Waals surface area contributed by atoms with E-state index >= 15 is 0 Å². The fraction of sp³-hybridized carbons (Fsp3) is 0.348. The molecule has 1 aromatic heterocycles. The quantitative estimate of drug-likeness (QED) is 0.598. The monoisotopic (exact) mass is 428 g/mol. The predicted octanol–water partition coefficient (Wildman–Crippen LogP) is 4.55. The van der Waals surface area contributed by atoms with Crippen LogP contribution in [0.3, 0.4) is 0 Å². The number of carbonyl (C=O) groups is 1. The number of fused-ring (bicyclic) bond motifs is 1. The highest BCUT2D eigenvalue weighted by atomic mass is 32.1. The standard InChI is InChI=1S/C23H25FN2O3S/c1-28-15-18-21-19(24)5-3-6-20(21)30-22(18)23(27)26-12-4-11-25(13-14-26)16-7-9-17(29-2)10-8-16/h3,5-10H,4,11-15H2,1-2H3. The number of ether oxygens (including phenoxy) is 2. The minimum atomic E-state index is -0.309. The van der Waals surface area contributed by atoms with E-state index in [2.05, 4.69) is 4.90 Å². The van der Waals surface area contributed by atoms with Crippen molar-refractivity contribution in [2.45, 2.75) is 13.0 Å². The third-order valence-electron chi connectivity index (χ3n) is 5.47. The second-order valence-electron chi connectivity index (χ2n) is 7.29. The lowest BCUT2D eigenvalue weighted by atomic mass is 10.1. The molecule has 0 N–H and O–H groups in total. The minimum Gasteiger partial charge on any atom is -0.497 e. The van der Waals surface area contributed by atoms with Crippen LogP contribution >= 0.6 is 11.3 Å². The van der Waals surface area contributed by atoms with E-state index < -0.39 is 0 Å². The number of amides is 1. The lowest BCUT2D eigenvalue weighted by Gasteiger charge is -2.24. The second kappa shape index (κ2) is 9.02. The van der Waals surface area contributed by atoms with Gasteiger partial charge in [0, 0.05) is 54.6 Å². The van der Waals surface area contributed by atoms with E-state index in [1.54, 1.807) is 20.3 Å². The van der Waals surface area contributed by atoms with Crippen LogP contribution in [0.2, 0.25) is 0 Å². The first-order chi connectivity index (χ1) is 14.6. The summed E-state index contributed by atoms with van der Waals surface area (Å²) in [6, 6.07) is 13.0. The molecule has 2 aromatic carbocycles. The number of thiophene rings is 1. The Morgan fingerprint density at radius 2 is 1.87 bits per heavy atom. The zero-order chi connectivity index (χ0) is 21.1. The van der Waals surface area contributed by atoms with E-state index in [0.717, 1.165) is 35.6 Å². The number of hydrogen-bond donors (Lipinski definition) is 0. The molecular formula is C23H25FN2O3S. The van der Waals surface area contributed by atoms with Gasteiger partial charge < -0.3 is 19.3 Å². The molecule has 0 radical (unpaired) electrons. The fourth-order valence-electron chi connectivity index (χ4n) is 3.94. The molecule has 30 heavy (non-hydrogen) atoms. The molecule has 0 saturated carbocycles. The zero-order valence-electron chi connectivity index (χ0n) is 17.2. The van der Waals surface area contributed by atoms with E-state index in [1.807, 2.05) is 35.2 Å². The van der Waals surface area contributed by atoms with Crippen LogP contribution in [0.5, 0.6) is 5.75 Å². The van der Waals surface area contributed by atoms with Gasteiger partial charge in [0.25, 0.3) is 5.91 Å². The normalized spacial score (nSPS) is 14.8. The van der Waals surface area contributed by atoms with Crippen molar-refractivity contribution in [3.05, 3.63) is 58.7 Å². The van der Waals surface area contributed by atoms with E-state index in [0.29, 0.717) is 28.9 Å². The Labute approximate surface area is 179 Å². The van der Waals surface area contributed by atoms with Gasteiger partial charge in [-0.2, -0.15) is 0 Å². The Kier molecular flexibility index (Phi) is 6.20. The molecule has 2 heterocycles. The fourth-order valence-corrected chi connectivity index (χ4v) is 5.13. The molecule has 0 aliphatic carbocycles. The highest BCUT2D eigenvalue weighted by Gasteiger charge is 2.26. The van der Waals surface area contributed by atoms with Crippen molar-refractivity contribution in [3.63, 3.8) is 0 Å². The maximum atomic E-state index is 14.5. The number of carbonyl (C=O) groups excluding carboxylic acids is 1. The summed E-state index contributed by atoms with van der Waals surface area (Å²) in [5.74, 6) is 0.476. The first-order valence-corrected chi connectivity index (χ1v) is 10.8. The van der Waals surface area contributed by atoms with Crippen LogP contribution in [0.15, 0.2) is 42.5 Å². The highest BCUT2D eigenvalue weighted by molar-refractivity contribution is 7.21. The van der Waals surface area contributed by atoms with Crippen molar-refractivity contribution in [1.29, 1.82) is 0 Å². The molecule has 7 heteroatoms. The molecule has 0 atom stereocenters. The summed E-state index contributed by atoms with van der Waals surface area (Å²) < 4.78 is 25.8. The summed E-state index contributed by atoms with van der Waals surface area (Å²) in [6.45, 7) is 3.13. The van der Waals surface area contributed by atoms with E-state index in [4.69, 9.17) is 9.47 Å². The summed E-state index contributed by atoms with van der Waals surface area (Å²) in [7, 11) is 3.22. The molecule has 1 aliphatic heterocycles. The molecule has 0 unspecified atom stereocenters. The Bertz CT molecular complexity index is 1030. The molecule has 1 aliphatic rings. The Balaban J connectivity index is 1.55. The number of rotatable bonds is 5. The zero-order valence-corrected chi connectivity index (χ0v) is 18.0. The summed E-state index contributed by atoms with van der Waals surface area (Å²) >= 11 is 1.35. The van der Waals surface area contributed by atoms with Gasteiger partial charge in [0.15, 0.2) is 0 Å². The molecule has 1 saturated heterocycles. The van der Waals surface area contributed by atoms with Crippen LogP contribution in [0, 0.1) is 5.82 Å². The molecule has 5 nitrogen and oxygen atoms in total. The number of hydrogen-bond acceptors (Lipinski definition) is 5. The third-order valence-corrected chi connectivity index (χ3v) is 6.65. The number of methoxy groups -OCH3 is 2. The Morgan fingerprint density at radius 3 is 2.60 bits per heavy atom. The third kappa shape index (κ3) is 4.00. The molecule has 4 rings (SSSR count). The van der Waals surface area contributed by atoms with Crippen LogP contribution in [-0.4, -0.2) is 51.2 Å². The van der Waals surface area contributed by atoms with Gasteiger partial charge in [-0.1, -0.05) is 6.07 Å². The lowest BCUT2D eigenvalue weighted by molar-refractivity contribution is 0.0767. The molecule has 0 bridgehead atoms.